The van der Waals surface area contributed by atoms with Crippen molar-refractivity contribution in [1.29, 1.82) is 0 Å². The highest BCUT2D eigenvalue weighted by atomic mass is 16.5. The Bertz CT molecular complexity index is 354. The van der Waals surface area contributed by atoms with Crippen LogP contribution in [0.25, 0.3) is 0 Å². The fourth-order valence-corrected chi connectivity index (χ4v) is 2.49. The quantitative estimate of drug-likeness (QED) is 0.859. The second-order valence-corrected chi connectivity index (χ2v) is 4.65. The largest absolute Gasteiger partial charge is 0.383 e. The number of methoxy groups -OCH3 is 1. The van der Waals surface area contributed by atoms with Crippen molar-refractivity contribution in [2.75, 3.05) is 33.9 Å². The Kier molecular flexibility index (Phi) is 4.54. The topological polar surface area (TPSA) is 24.5 Å². The summed E-state index contributed by atoms with van der Waals surface area (Å²) >= 11 is 0. The van der Waals surface area contributed by atoms with Crippen LogP contribution in [0.3, 0.4) is 0 Å². The van der Waals surface area contributed by atoms with E-state index < -0.39 is 0 Å². The lowest BCUT2D eigenvalue weighted by molar-refractivity contribution is 0.136. The predicted molar refractivity (Wildman–Crippen MR) is 70.0 cm³/mol. The smallest absolute Gasteiger partial charge is 0.0589 e. The van der Waals surface area contributed by atoms with Crippen LogP contribution in [0.5, 0.6) is 0 Å². The number of hydrogen-bond donors (Lipinski definition) is 1. The van der Waals surface area contributed by atoms with Gasteiger partial charge in [-0.2, -0.15) is 0 Å². The molecule has 0 aliphatic carbocycles. The summed E-state index contributed by atoms with van der Waals surface area (Å²) in [6.07, 6.45) is 1.16. The number of likely N-dealkylation sites (N-methyl/N-ethyl adjacent to an activating group) is 1. The molecule has 1 heterocycles. The van der Waals surface area contributed by atoms with Gasteiger partial charge in [-0.1, -0.05) is 24.3 Å². The van der Waals surface area contributed by atoms with Crippen LogP contribution in [-0.2, 0) is 11.3 Å². The van der Waals surface area contributed by atoms with Crippen LogP contribution in [-0.4, -0.2) is 38.8 Å². The molecule has 1 aromatic rings. The van der Waals surface area contributed by atoms with E-state index in [1.807, 2.05) is 0 Å². The van der Waals surface area contributed by atoms with E-state index >= 15 is 0 Å². The van der Waals surface area contributed by atoms with Crippen molar-refractivity contribution in [2.24, 2.45) is 0 Å². The highest BCUT2D eigenvalue weighted by Gasteiger charge is 2.21. The minimum Gasteiger partial charge on any atom is -0.383 e. The van der Waals surface area contributed by atoms with Gasteiger partial charge in [0.15, 0.2) is 0 Å². The van der Waals surface area contributed by atoms with Crippen LogP contribution in [0.1, 0.15) is 23.6 Å². The molecule has 0 amide bonds. The Labute approximate surface area is 104 Å². The molecule has 0 bridgehead atoms. The predicted octanol–water partition coefficient (Wildman–Crippen LogP) is 1.80. The third-order valence-electron chi connectivity index (χ3n) is 3.50. The third kappa shape index (κ3) is 3.06. The zero-order chi connectivity index (χ0) is 12.1. The van der Waals surface area contributed by atoms with Crippen LogP contribution in [0.4, 0.5) is 0 Å². The van der Waals surface area contributed by atoms with E-state index in [-0.39, 0.29) is 0 Å². The van der Waals surface area contributed by atoms with Gasteiger partial charge >= 0.3 is 0 Å². The SMILES string of the molecule is COCCN(C)C1CCNCc2ccccc21. The second-order valence-electron chi connectivity index (χ2n) is 4.65. The molecule has 1 aliphatic rings. The fourth-order valence-electron chi connectivity index (χ4n) is 2.49. The van der Waals surface area contributed by atoms with Crippen molar-refractivity contribution in [3.63, 3.8) is 0 Å². The number of ether oxygens (including phenoxy) is 1. The lowest BCUT2D eigenvalue weighted by Crippen LogP contribution is -2.29. The molecule has 1 aromatic carbocycles. The molecule has 3 heteroatoms. The average molecular weight is 234 g/mol. The molecule has 0 saturated heterocycles. The van der Waals surface area contributed by atoms with Gasteiger partial charge in [-0.15, -0.1) is 0 Å². The molecule has 0 fully saturated rings. The van der Waals surface area contributed by atoms with Crippen LogP contribution < -0.4 is 5.32 Å². The van der Waals surface area contributed by atoms with Gasteiger partial charge in [0, 0.05) is 26.2 Å². The summed E-state index contributed by atoms with van der Waals surface area (Å²) in [5.74, 6) is 0. The number of benzene rings is 1. The van der Waals surface area contributed by atoms with Crippen LogP contribution in [0.15, 0.2) is 24.3 Å². The monoisotopic (exact) mass is 234 g/mol. The first kappa shape index (κ1) is 12.6. The van der Waals surface area contributed by atoms with Crippen molar-refractivity contribution in [3.8, 4) is 0 Å². The highest BCUT2D eigenvalue weighted by Crippen LogP contribution is 2.27. The van der Waals surface area contributed by atoms with Crippen molar-refractivity contribution < 1.29 is 4.74 Å². The lowest BCUT2D eigenvalue weighted by Gasteiger charge is -2.28. The van der Waals surface area contributed by atoms with Gasteiger partial charge in [0.2, 0.25) is 0 Å². The number of rotatable bonds is 4. The van der Waals surface area contributed by atoms with Crippen molar-refractivity contribution >= 4 is 0 Å². The Hall–Kier alpha value is -0.900. The molecule has 1 aliphatic heterocycles. The standard InChI is InChI=1S/C14H22N2O/c1-16(9-10-17-2)14-7-8-15-11-12-5-3-4-6-13(12)14/h3-6,14-15H,7-11H2,1-2H3. The minimum atomic E-state index is 0.511. The summed E-state index contributed by atoms with van der Waals surface area (Å²) in [4.78, 5) is 2.40. The Morgan fingerprint density at radius 3 is 3.06 bits per heavy atom. The maximum atomic E-state index is 5.17. The van der Waals surface area contributed by atoms with Crippen molar-refractivity contribution in [3.05, 3.63) is 35.4 Å². The Balaban J connectivity index is 2.16. The van der Waals surface area contributed by atoms with Gasteiger partial charge in [-0.05, 0) is 31.1 Å². The molecule has 0 radical (unpaired) electrons. The molecule has 0 saturated carbocycles. The molecular weight excluding hydrogens is 212 g/mol. The van der Waals surface area contributed by atoms with Crippen molar-refractivity contribution in [2.45, 2.75) is 19.0 Å². The molecule has 2 rings (SSSR count). The van der Waals surface area contributed by atoms with Gasteiger partial charge in [0.25, 0.3) is 0 Å². The molecule has 1 unspecified atom stereocenters. The summed E-state index contributed by atoms with van der Waals surface area (Å²) < 4.78 is 5.17. The van der Waals surface area contributed by atoms with Crippen LogP contribution in [0.2, 0.25) is 0 Å². The molecule has 17 heavy (non-hydrogen) atoms. The van der Waals surface area contributed by atoms with E-state index in [1.165, 1.54) is 11.1 Å². The summed E-state index contributed by atoms with van der Waals surface area (Å²) in [6, 6.07) is 9.26. The van der Waals surface area contributed by atoms with Gasteiger partial charge in [0.05, 0.1) is 6.61 Å². The van der Waals surface area contributed by atoms with Crippen LogP contribution >= 0.6 is 0 Å². The summed E-state index contributed by atoms with van der Waals surface area (Å²) in [6.45, 7) is 3.85. The summed E-state index contributed by atoms with van der Waals surface area (Å²) in [5, 5.41) is 3.49. The number of nitrogens with one attached hydrogen (secondary N) is 1. The fraction of sp³-hybridized carbons (Fsp3) is 0.571. The average Bonchev–Trinajstić information content (AvgIpc) is 2.58. The lowest BCUT2D eigenvalue weighted by atomic mass is 9.98. The van der Waals surface area contributed by atoms with E-state index in [4.69, 9.17) is 4.74 Å². The van der Waals surface area contributed by atoms with Gasteiger partial charge in [-0.3, -0.25) is 4.90 Å². The summed E-state index contributed by atoms with van der Waals surface area (Å²) in [7, 11) is 3.95. The van der Waals surface area contributed by atoms with E-state index in [0.29, 0.717) is 6.04 Å². The second kappa shape index (κ2) is 6.15. The van der Waals surface area contributed by atoms with E-state index in [0.717, 1.165) is 32.7 Å². The number of nitrogens with zero attached hydrogens (tertiary/aromatic N) is 1. The molecule has 3 nitrogen and oxygen atoms in total. The zero-order valence-corrected chi connectivity index (χ0v) is 10.8. The maximum Gasteiger partial charge on any atom is 0.0589 e. The first-order chi connectivity index (χ1) is 8.33. The number of hydrogen-bond acceptors (Lipinski definition) is 3. The minimum absolute atomic E-state index is 0.511. The molecule has 0 aromatic heterocycles. The van der Waals surface area contributed by atoms with E-state index in [9.17, 15) is 0 Å². The Morgan fingerprint density at radius 1 is 1.41 bits per heavy atom. The number of fused-ring (bicyclic) bond motifs is 1. The van der Waals surface area contributed by atoms with Gasteiger partial charge in [-0.25, -0.2) is 0 Å². The molecule has 94 valence electrons. The first-order valence-corrected chi connectivity index (χ1v) is 6.30. The summed E-state index contributed by atoms with van der Waals surface area (Å²) in [5.41, 5.74) is 2.90. The normalized spacial score (nSPS) is 20.1. The molecular formula is C14H22N2O. The first-order valence-electron chi connectivity index (χ1n) is 6.30. The zero-order valence-electron chi connectivity index (χ0n) is 10.8. The molecule has 1 N–H and O–H groups in total. The maximum absolute atomic E-state index is 5.17. The van der Waals surface area contributed by atoms with E-state index in [2.05, 4.69) is 41.5 Å². The van der Waals surface area contributed by atoms with Crippen LogP contribution in [0, 0.1) is 0 Å². The van der Waals surface area contributed by atoms with Gasteiger partial charge < -0.3 is 10.1 Å². The van der Waals surface area contributed by atoms with Gasteiger partial charge in [0.1, 0.15) is 0 Å². The van der Waals surface area contributed by atoms with E-state index in [1.54, 1.807) is 7.11 Å². The Morgan fingerprint density at radius 2 is 2.24 bits per heavy atom. The molecule has 1 atom stereocenters. The highest BCUT2D eigenvalue weighted by molar-refractivity contribution is 5.31. The third-order valence-corrected chi connectivity index (χ3v) is 3.50. The van der Waals surface area contributed by atoms with Crippen molar-refractivity contribution in [1.82, 2.24) is 10.2 Å². The molecule has 0 spiro atoms.